The summed E-state index contributed by atoms with van der Waals surface area (Å²) in [5, 5.41) is 3.49. The number of ether oxygens (including phenoxy) is 1. The van der Waals surface area contributed by atoms with Crippen molar-refractivity contribution in [1.82, 2.24) is 4.90 Å². The molecule has 1 fully saturated rings. The molecule has 26 heavy (non-hydrogen) atoms. The van der Waals surface area contributed by atoms with E-state index in [0.717, 1.165) is 36.5 Å². The van der Waals surface area contributed by atoms with E-state index in [4.69, 9.17) is 4.74 Å². The average Bonchev–Trinajstić information content (AvgIpc) is 3.10. The van der Waals surface area contributed by atoms with Crippen LogP contribution in [0.1, 0.15) is 37.3 Å². The van der Waals surface area contributed by atoms with Gasteiger partial charge in [-0.25, -0.2) is 0 Å². The molecule has 0 aliphatic carbocycles. The minimum Gasteiger partial charge on any atom is -0.483 e. The second kappa shape index (κ2) is 8.26. The van der Waals surface area contributed by atoms with Crippen LogP contribution in [0.25, 0.3) is 0 Å². The molecule has 2 aromatic rings. The summed E-state index contributed by atoms with van der Waals surface area (Å²) in [5.74, 6) is 1.30. The van der Waals surface area contributed by atoms with Crippen molar-refractivity contribution in [3.05, 3.63) is 59.7 Å². The first-order valence-corrected chi connectivity index (χ1v) is 9.35. The number of carbonyl (C=O) groups is 1. The quantitative estimate of drug-likeness (QED) is 0.847. The Morgan fingerprint density at radius 3 is 2.73 bits per heavy atom. The van der Waals surface area contributed by atoms with Gasteiger partial charge in [0.1, 0.15) is 5.75 Å². The van der Waals surface area contributed by atoms with Crippen LogP contribution in [0.5, 0.6) is 5.75 Å². The summed E-state index contributed by atoms with van der Waals surface area (Å²) in [7, 11) is 0. The number of para-hydroxylation sites is 1. The van der Waals surface area contributed by atoms with Gasteiger partial charge < -0.3 is 15.0 Å². The van der Waals surface area contributed by atoms with Crippen molar-refractivity contribution in [3.63, 3.8) is 0 Å². The number of hydrogen-bond donors (Lipinski definition) is 1. The molecule has 0 spiro atoms. The van der Waals surface area contributed by atoms with Crippen molar-refractivity contribution in [2.24, 2.45) is 0 Å². The molecule has 1 saturated heterocycles. The van der Waals surface area contributed by atoms with Crippen molar-refractivity contribution < 1.29 is 9.53 Å². The van der Waals surface area contributed by atoms with Gasteiger partial charge in [0, 0.05) is 24.8 Å². The highest BCUT2D eigenvalue weighted by Crippen LogP contribution is 2.24. The molecule has 2 aromatic carbocycles. The molecule has 1 aliphatic rings. The number of anilines is 1. The van der Waals surface area contributed by atoms with Crippen molar-refractivity contribution in [2.75, 3.05) is 25.0 Å². The average molecular weight is 352 g/mol. The highest BCUT2D eigenvalue weighted by Gasteiger charge is 2.26. The first-order chi connectivity index (χ1) is 12.5. The molecule has 1 aliphatic heterocycles. The molecule has 138 valence electrons. The molecule has 1 unspecified atom stereocenters. The van der Waals surface area contributed by atoms with Gasteiger partial charge in [0.25, 0.3) is 5.91 Å². The molecule has 0 radical (unpaired) electrons. The van der Waals surface area contributed by atoms with E-state index >= 15 is 0 Å². The topological polar surface area (TPSA) is 41.6 Å². The van der Waals surface area contributed by atoms with Crippen molar-refractivity contribution >= 4 is 11.6 Å². The van der Waals surface area contributed by atoms with Crippen LogP contribution in [0.3, 0.4) is 0 Å². The summed E-state index contributed by atoms with van der Waals surface area (Å²) >= 11 is 0. The summed E-state index contributed by atoms with van der Waals surface area (Å²) < 4.78 is 5.84. The lowest BCUT2D eigenvalue weighted by molar-refractivity contribution is -0.132. The second-order valence-corrected chi connectivity index (χ2v) is 7.30. The molecule has 0 saturated carbocycles. The van der Waals surface area contributed by atoms with Gasteiger partial charge in [0.05, 0.1) is 0 Å². The number of amides is 1. The molecule has 0 aromatic heterocycles. The zero-order valence-electron chi connectivity index (χ0n) is 15.9. The second-order valence-electron chi connectivity index (χ2n) is 7.30. The SMILES string of the molecule is Cc1ccc(C(C)C)cc1OCC(=O)N1CCC(Nc2ccccc2)C1. The summed E-state index contributed by atoms with van der Waals surface area (Å²) in [6.45, 7) is 7.92. The maximum atomic E-state index is 12.5. The molecule has 3 rings (SSSR count). The van der Waals surface area contributed by atoms with Crippen LogP contribution in [0.4, 0.5) is 5.69 Å². The minimum atomic E-state index is 0.0525. The monoisotopic (exact) mass is 352 g/mol. The third kappa shape index (κ3) is 4.57. The van der Waals surface area contributed by atoms with Crippen LogP contribution in [0.15, 0.2) is 48.5 Å². The summed E-state index contributed by atoms with van der Waals surface area (Å²) in [6.07, 6.45) is 0.961. The Kier molecular flexibility index (Phi) is 5.82. The number of benzene rings is 2. The van der Waals surface area contributed by atoms with Gasteiger partial charge in [-0.2, -0.15) is 0 Å². The maximum absolute atomic E-state index is 12.5. The van der Waals surface area contributed by atoms with E-state index in [9.17, 15) is 4.79 Å². The Balaban J connectivity index is 1.52. The predicted octanol–water partition coefficient (Wildman–Crippen LogP) is 4.21. The number of aryl methyl sites for hydroxylation is 1. The van der Waals surface area contributed by atoms with E-state index in [-0.39, 0.29) is 12.5 Å². The number of likely N-dealkylation sites (tertiary alicyclic amines) is 1. The number of hydrogen-bond acceptors (Lipinski definition) is 3. The lowest BCUT2D eigenvalue weighted by Crippen LogP contribution is -2.35. The molecule has 4 nitrogen and oxygen atoms in total. The van der Waals surface area contributed by atoms with Crippen LogP contribution in [0, 0.1) is 6.92 Å². The van der Waals surface area contributed by atoms with Crippen LogP contribution in [-0.2, 0) is 4.79 Å². The maximum Gasteiger partial charge on any atom is 0.260 e. The molecule has 1 amide bonds. The Bertz CT molecular complexity index is 743. The van der Waals surface area contributed by atoms with E-state index in [0.29, 0.717) is 12.0 Å². The number of nitrogens with zero attached hydrogens (tertiary/aromatic N) is 1. The first kappa shape index (κ1) is 18.3. The molecular weight excluding hydrogens is 324 g/mol. The minimum absolute atomic E-state index is 0.0525. The predicted molar refractivity (Wildman–Crippen MR) is 106 cm³/mol. The smallest absolute Gasteiger partial charge is 0.260 e. The van der Waals surface area contributed by atoms with Gasteiger partial charge in [-0.3, -0.25) is 4.79 Å². The highest BCUT2D eigenvalue weighted by atomic mass is 16.5. The Morgan fingerprint density at radius 2 is 2.00 bits per heavy atom. The van der Waals surface area contributed by atoms with Crippen LogP contribution < -0.4 is 10.1 Å². The number of rotatable bonds is 6. The first-order valence-electron chi connectivity index (χ1n) is 9.35. The Morgan fingerprint density at radius 1 is 1.23 bits per heavy atom. The largest absolute Gasteiger partial charge is 0.483 e. The van der Waals surface area contributed by atoms with Crippen LogP contribution in [-0.4, -0.2) is 36.5 Å². The van der Waals surface area contributed by atoms with Crippen molar-refractivity contribution in [3.8, 4) is 5.75 Å². The normalized spacial score (nSPS) is 16.8. The van der Waals surface area contributed by atoms with Crippen molar-refractivity contribution in [2.45, 2.75) is 39.2 Å². The Labute approximate surface area is 156 Å². The zero-order chi connectivity index (χ0) is 18.5. The van der Waals surface area contributed by atoms with Crippen LogP contribution >= 0.6 is 0 Å². The third-order valence-electron chi connectivity index (χ3n) is 4.92. The molecular formula is C22H28N2O2. The van der Waals surface area contributed by atoms with E-state index in [1.807, 2.05) is 30.0 Å². The Hall–Kier alpha value is -2.49. The lowest BCUT2D eigenvalue weighted by Gasteiger charge is -2.19. The lowest BCUT2D eigenvalue weighted by atomic mass is 10.0. The fourth-order valence-corrected chi connectivity index (χ4v) is 3.24. The van der Waals surface area contributed by atoms with Gasteiger partial charge >= 0.3 is 0 Å². The summed E-state index contributed by atoms with van der Waals surface area (Å²) in [4.78, 5) is 14.4. The van der Waals surface area contributed by atoms with Crippen LogP contribution in [0.2, 0.25) is 0 Å². The molecule has 1 N–H and O–H groups in total. The van der Waals surface area contributed by atoms with Gasteiger partial charge in [0.15, 0.2) is 6.61 Å². The molecule has 1 atom stereocenters. The van der Waals surface area contributed by atoms with Gasteiger partial charge in [-0.1, -0.05) is 44.2 Å². The molecule has 1 heterocycles. The molecule has 0 bridgehead atoms. The number of carbonyl (C=O) groups excluding carboxylic acids is 1. The fourth-order valence-electron chi connectivity index (χ4n) is 3.24. The highest BCUT2D eigenvalue weighted by molar-refractivity contribution is 5.78. The van der Waals surface area contributed by atoms with E-state index in [2.05, 4.69) is 49.5 Å². The standard InChI is InChI=1S/C22H28N2O2/c1-16(2)18-10-9-17(3)21(13-18)26-15-22(25)24-12-11-20(14-24)23-19-7-5-4-6-8-19/h4-10,13,16,20,23H,11-12,14-15H2,1-3H3. The summed E-state index contributed by atoms with van der Waals surface area (Å²) in [5.41, 5.74) is 3.39. The van der Waals surface area contributed by atoms with Gasteiger partial charge in [-0.05, 0) is 48.6 Å². The summed E-state index contributed by atoms with van der Waals surface area (Å²) in [6, 6.07) is 16.7. The van der Waals surface area contributed by atoms with Gasteiger partial charge in [-0.15, -0.1) is 0 Å². The van der Waals surface area contributed by atoms with Crippen molar-refractivity contribution in [1.29, 1.82) is 0 Å². The van der Waals surface area contributed by atoms with Gasteiger partial charge in [0.2, 0.25) is 0 Å². The fraction of sp³-hybridized carbons (Fsp3) is 0.409. The van der Waals surface area contributed by atoms with E-state index < -0.39 is 0 Å². The van der Waals surface area contributed by atoms with E-state index in [1.165, 1.54) is 5.56 Å². The van der Waals surface area contributed by atoms with E-state index in [1.54, 1.807) is 0 Å². The molecule has 4 heteroatoms. The third-order valence-corrected chi connectivity index (χ3v) is 4.92. The zero-order valence-corrected chi connectivity index (χ0v) is 15.9. The number of nitrogens with one attached hydrogen (secondary N) is 1.